The van der Waals surface area contributed by atoms with Crippen LogP contribution in [0, 0.1) is 5.92 Å². The normalized spacial score (nSPS) is 14.9. The van der Waals surface area contributed by atoms with Crippen LogP contribution in [0.5, 0.6) is 11.6 Å². The van der Waals surface area contributed by atoms with Gasteiger partial charge in [0, 0.05) is 19.6 Å². The van der Waals surface area contributed by atoms with Gasteiger partial charge in [-0.05, 0) is 70.2 Å². The number of benzene rings is 2. The third-order valence-corrected chi connectivity index (χ3v) is 6.09. The second-order valence-corrected chi connectivity index (χ2v) is 10.5. The Labute approximate surface area is 209 Å². The molecule has 1 aliphatic rings. The van der Waals surface area contributed by atoms with Gasteiger partial charge in [0.05, 0.1) is 35.3 Å². The van der Waals surface area contributed by atoms with Crippen LogP contribution in [0.15, 0.2) is 60.7 Å². The number of aryl methyl sites for hydroxylation is 1. The minimum atomic E-state index is -0.555. The highest BCUT2D eigenvalue weighted by molar-refractivity contribution is 5.43. The van der Waals surface area contributed by atoms with Crippen molar-refractivity contribution in [2.75, 3.05) is 19.7 Å². The molecule has 0 amide bonds. The lowest BCUT2D eigenvalue weighted by molar-refractivity contribution is -0.0569. The van der Waals surface area contributed by atoms with Gasteiger partial charge in [-0.15, -0.1) is 0 Å². The van der Waals surface area contributed by atoms with Gasteiger partial charge in [0.25, 0.3) is 0 Å². The van der Waals surface area contributed by atoms with Gasteiger partial charge < -0.3 is 14.6 Å². The van der Waals surface area contributed by atoms with E-state index < -0.39 is 6.10 Å². The summed E-state index contributed by atoms with van der Waals surface area (Å²) in [6.07, 6.45) is 2.75. The predicted molar refractivity (Wildman–Crippen MR) is 139 cm³/mol. The topological polar surface area (TPSA) is 59.8 Å². The molecule has 35 heavy (non-hydrogen) atoms. The fraction of sp³-hybridized carbons (Fsp3) is 0.483. The molecule has 4 rings (SSSR count). The Balaban J connectivity index is 1.64. The van der Waals surface area contributed by atoms with E-state index in [2.05, 4.69) is 11.8 Å². The highest BCUT2D eigenvalue weighted by Crippen LogP contribution is 2.34. The maximum absolute atomic E-state index is 10.8. The summed E-state index contributed by atoms with van der Waals surface area (Å²) in [4.78, 5) is 2.34. The summed E-state index contributed by atoms with van der Waals surface area (Å²) in [5.41, 5.74) is 2.78. The summed E-state index contributed by atoms with van der Waals surface area (Å²) in [7, 11) is 0. The average Bonchev–Trinajstić information content (AvgIpc) is 3.60. The van der Waals surface area contributed by atoms with E-state index in [1.165, 1.54) is 12.8 Å². The van der Waals surface area contributed by atoms with Gasteiger partial charge in [-0.1, -0.05) is 43.3 Å². The number of hydrogen-bond donors (Lipinski definition) is 1. The fourth-order valence-electron chi connectivity index (χ4n) is 4.16. The van der Waals surface area contributed by atoms with Gasteiger partial charge in [0.15, 0.2) is 0 Å². The van der Waals surface area contributed by atoms with Crippen molar-refractivity contribution in [3.63, 3.8) is 0 Å². The number of para-hydroxylation sites is 2. The molecular formula is C29H39N3O3. The molecule has 0 saturated heterocycles. The summed E-state index contributed by atoms with van der Waals surface area (Å²) in [5.74, 6) is 2.21. The standard InChI is InChI=1S/C29H39N3O3/c1-5-27-26(20-31(18-22-16-17-22)19-24(33)21-34-29(2,3)4)28(35-25-14-10-7-11-15-25)32(30-27)23-12-8-6-9-13-23/h6-15,22,24,33H,5,16-21H2,1-4H3/t24-/m0/s1. The molecule has 0 radical (unpaired) electrons. The molecule has 3 aromatic rings. The van der Waals surface area contributed by atoms with Gasteiger partial charge in [0.1, 0.15) is 5.75 Å². The molecule has 1 atom stereocenters. The number of hydrogen-bond acceptors (Lipinski definition) is 5. The van der Waals surface area contributed by atoms with Crippen molar-refractivity contribution in [3.05, 3.63) is 71.9 Å². The molecule has 6 heteroatoms. The van der Waals surface area contributed by atoms with Crippen LogP contribution in [0.2, 0.25) is 0 Å². The van der Waals surface area contributed by atoms with Crippen molar-refractivity contribution in [3.8, 4) is 17.3 Å². The van der Waals surface area contributed by atoms with E-state index in [1.807, 2.05) is 86.1 Å². The highest BCUT2D eigenvalue weighted by Gasteiger charge is 2.29. The Bertz CT molecular complexity index is 1060. The van der Waals surface area contributed by atoms with Crippen LogP contribution in [-0.2, 0) is 17.7 Å². The van der Waals surface area contributed by atoms with Crippen LogP contribution >= 0.6 is 0 Å². The quantitative estimate of drug-likeness (QED) is 0.367. The first kappa shape index (κ1) is 25.4. The summed E-state index contributed by atoms with van der Waals surface area (Å²) < 4.78 is 14.2. The SMILES string of the molecule is CCc1nn(-c2ccccc2)c(Oc2ccccc2)c1CN(CC1CC1)C[C@H](O)COC(C)(C)C. The van der Waals surface area contributed by atoms with Gasteiger partial charge in [-0.25, -0.2) is 4.68 Å². The van der Waals surface area contributed by atoms with Crippen LogP contribution < -0.4 is 4.74 Å². The first-order valence-electron chi connectivity index (χ1n) is 12.8. The molecule has 0 aliphatic heterocycles. The van der Waals surface area contributed by atoms with Crippen molar-refractivity contribution in [2.45, 2.75) is 65.2 Å². The molecule has 0 unspecified atom stereocenters. The smallest absolute Gasteiger partial charge is 0.227 e. The molecule has 1 N–H and O–H groups in total. The van der Waals surface area contributed by atoms with Gasteiger partial charge in [0.2, 0.25) is 5.88 Å². The summed E-state index contributed by atoms with van der Waals surface area (Å²) in [6.45, 7) is 10.7. The van der Waals surface area contributed by atoms with E-state index in [4.69, 9.17) is 14.6 Å². The van der Waals surface area contributed by atoms with E-state index in [0.29, 0.717) is 25.6 Å². The van der Waals surface area contributed by atoms with E-state index in [-0.39, 0.29) is 5.60 Å². The zero-order valence-electron chi connectivity index (χ0n) is 21.5. The lowest BCUT2D eigenvalue weighted by Crippen LogP contribution is -2.37. The second-order valence-electron chi connectivity index (χ2n) is 10.5. The Morgan fingerprint density at radius 1 is 1.06 bits per heavy atom. The maximum Gasteiger partial charge on any atom is 0.227 e. The molecule has 1 heterocycles. The minimum absolute atomic E-state index is 0.273. The molecule has 0 spiro atoms. The van der Waals surface area contributed by atoms with E-state index in [0.717, 1.165) is 41.5 Å². The Morgan fingerprint density at radius 2 is 1.71 bits per heavy atom. The highest BCUT2D eigenvalue weighted by atomic mass is 16.5. The van der Waals surface area contributed by atoms with Crippen molar-refractivity contribution in [1.29, 1.82) is 0 Å². The summed E-state index contributed by atoms with van der Waals surface area (Å²) in [6, 6.07) is 20.0. The zero-order valence-corrected chi connectivity index (χ0v) is 21.5. The number of aliphatic hydroxyl groups is 1. The monoisotopic (exact) mass is 477 g/mol. The first-order valence-corrected chi connectivity index (χ1v) is 12.8. The molecular weight excluding hydrogens is 438 g/mol. The molecule has 1 fully saturated rings. The van der Waals surface area contributed by atoms with Crippen LogP contribution in [-0.4, -0.2) is 51.2 Å². The van der Waals surface area contributed by atoms with Crippen molar-refractivity contribution < 1.29 is 14.6 Å². The summed E-state index contributed by atoms with van der Waals surface area (Å²) >= 11 is 0. The van der Waals surface area contributed by atoms with Crippen molar-refractivity contribution in [2.24, 2.45) is 5.92 Å². The number of aliphatic hydroxyl groups excluding tert-OH is 1. The minimum Gasteiger partial charge on any atom is -0.439 e. The maximum atomic E-state index is 10.8. The largest absolute Gasteiger partial charge is 0.439 e. The predicted octanol–water partition coefficient (Wildman–Crippen LogP) is 5.62. The summed E-state index contributed by atoms with van der Waals surface area (Å²) in [5, 5.41) is 15.8. The van der Waals surface area contributed by atoms with E-state index >= 15 is 0 Å². The Morgan fingerprint density at radius 3 is 2.31 bits per heavy atom. The fourth-order valence-corrected chi connectivity index (χ4v) is 4.16. The molecule has 1 aliphatic carbocycles. The number of rotatable bonds is 12. The van der Waals surface area contributed by atoms with Gasteiger partial charge >= 0.3 is 0 Å². The molecule has 1 saturated carbocycles. The molecule has 1 aromatic heterocycles. The zero-order chi connectivity index (χ0) is 24.8. The van der Waals surface area contributed by atoms with Crippen molar-refractivity contribution in [1.82, 2.24) is 14.7 Å². The lowest BCUT2D eigenvalue weighted by atomic mass is 10.1. The van der Waals surface area contributed by atoms with Crippen molar-refractivity contribution >= 4 is 0 Å². The van der Waals surface area contributed by atoms with Crippen LogP contribution in [0.4, 0.5) is 0 Å². The molecule has 0 bridgehead atoms. The molecule has 188 valence electrons. The molecule has 2 aromatic carbocycles. The number of aromatic nitrogens is 2. The number of nitrogens with zero attached hydrogens (tertiary/aromatic N) is 3. The van der Waals surface area contributed by atoms with Crippen LogP contribution in [0.1, 0.15) is 51.8 Å². The third kappa shape index (κ3) is 7.40. The van der Waals surface area contributed by atoms with E-state index in [9.17, 15) is 5.11 Å². The Kier molecular flexibility index (Phi) is 8.26. The average molecular weight is 478 g/mol. The Hall–Kier alpha value is -2.67. The number of ether oxygens (including phenoxy) is 2. The second kappa shape index (κ2) is 11.4. The van der Waals surface area contributed by atoms with Gasteiger partial charge in [-0.2, -0.15) is 5.10 Å². The lowest BCUT2D eigenvalue weighted by Gasteiger charge is -2.27. The third-order valence-electron chi connectivity index (χ3n) is 6.09. The van der Waals surface area contributed by atoms with Gasteiger partial charge in [-0.3, -0.25) is 4.90 Å². The molecule has 6 nitrogen and oxygen atoms in total. The van der Waals surface area contributed by atoms with Crippen LogP contribution in [0.3, 0.4) is 0 Å². The van der Waals surface area contributed by atoms with Crippen LogP contribution in [0.25, 0.3) is 5.69 Å². The van der Waals surface area contributed by atoms with E-state index in [1.54, 1.807) is 0 Å². The first-order chi connectivity index (χ1) is 16.8.